The summed E-state index contributed by atoms with van der Waals surface area (Å²) >= 11 is 0. The Morgan fingerprint density at radius 2 is 2.18 bits per heavy atom. The van der Waals surface area contributed by atoms with Crippen LogP contribution in [0.5, 0.6) is 0 Å². The van der Waals surface area contributed by atoms with Gasteiger partial charge in [-0.1, -0.05) is 11.2 Å². The van der Waals surface area contributed by atoms with E-state index in [9.17, 15) is 14.4 Å². The molecule has 0 unspecified atom stereocenters. The van der Waals surface area contributed by atoms with Crippen molar-refractivity contribution in [2.75, 3.05) is 25.0 Å². The van der Waals surface area contributed by atoms with Crippen LogP contribution >= 0.6 is 0 Å². The molecule has 0 bridgehead atoms. The fraction of sp³-hybridized carbons (Fsp3) is 0.389. The van der Waals surface area contributed by atoms with E-state index in [2.05, 4.69) is 20.8 Å². The molecule has 1 aliphatic rings. The van der Waals surface area contributed by atoms with Crippen LogP contribution in [-0.2, 0) is 4.79 Å². The van der Waals surface area contributed by atoms with Gasteiger partial charge in [-0.3, -0.25) is 19.3 Å². The molecule has 4 N–H and O–H groups in total. The number of rotatable bonds is 7. The number of aromatic nitrogens is 2. The molecule has 1 aromatic carbocycles. The largest absolute Gasteiger partial charge is 0.363 e. The van der Waals surface area contributed by atoms with E-state index in [1.54, 1.807) is 24.3 Å². The number of amides is 3. The van der Waals surface area contributed by atoms with E-state index in [1.807, 2.05) is 11.8 Å². The highest BCUT2D eigenvalue weighted by atomic mass is 16.5. The molecule has 10 heteroatoms. The highest BCUT2D eigenvalue weighted by Gasteiger charge is 2.32. The number of nitrogens with one attached hydrogen (secondary N) is 2. The van der Waals surface area contributed by atoms with Gasteiger partial charge < -0.3 is 20.9 Å². The Hall–Kier alpha value is -3.27. The van der Waals surface area contributed by atoms with E-state index in [4.69, 9.17) is 10.3 Å². The molecule has 0 spiro atoms. The van der Waals surface area contributed by atoms with Crippen molar-refractivity contribution in [2.24, 2.45) is 5.73 Å². The Balaban J connectivity index is 1.63. The van der Waals surface area contributed by atoms with Gasteiger partial charge in [-0.05, 0) is 44.5 Å². The van der Waals surface area contributed by atoms with Gasteiger partial charge in [-0.15, -0.1) is 0 Å². The van der Waals surface area contributed by atoms with Crippen LogP contribution in [0.4, 0.5) is 5.69 Å². The molecule has 2 aromatic rings. The van der Waals surface area contributed by atoms with Gasteiger partial charge >= 0.3 is 0 Å². The lowest BCUT2D eigenvalue weighted by Gasteiger charge is -2.20. The summed E-state index contributed by atoms with van der Waals surface area (Å²) in [5.74, 6) is -1.08. The van der Waals surface area contributed by atoms with Crippen molar-refractivity contribution in [3.8, 4) is 0 Å². The highest BCUT2D eigenvalue weighted by molar-refractivity contribution is 5.97. The third-order valence-electron chi connectivity index (χ3n) is 4.40. The Bertz CT molecular complexity index is 880. The summed E-state index contributed by atoms with van der Waals surface area (Å²) in [5.41, 5.74) is 6.16. The molecule has 1 fully saturated rings. The maximum Gasteiger partial charge on any atom is 0.290 e. The van der Waals surface area contributed by atoms with Gasteiger partial charge in [0.1, 0.15) is 0 Å². The maximum atomic E-state index is 12.5. The molecular formula is C18H22N6O4. The fourth-order valence-corrected chi connectivity index (χ4v) is 3.15. The average molecular weight is 386 g/mol. The number of anilines is 1. The minimum absolute atomic E-state index is 0.115. The molecule has 0 saturated carbocycles. The number of carbonyl (C=O) groups is 3. The van der Waals surface area contributed by atoms with Crippen molar-refractivity contribution in [3.63, 3.8) is 0 Å². The SMILES string of the molecule is CCNC(=O)c1cccc(NC(=O)CN2CCC[C@@H]2c2nc(C(N)=O)no2)c1. The van der Waals surface area contributed by atoms with E-state index >= 15 is 0 Å². The number of primary amides is 1. The predicted octanol–water partition coefficient (Wildman–Crippen LogP) is 0.694. The molecule has 3 rings (SSSR count). The minimum Gasteiger partial charge on any atom is -0.363 e. The van der Waals surface area contributed by atoms with Crippen molar-refractivity contribution < 1.29 is 18.9 Å². The monoisotopic (exact) mass is 386 g/mol. The summed E-state index contributed by atoms with van der Waals surface area (Å²) in [7, 11) is 0. The van der Waals surface area contributed by atoms with Crippen molar-refractivity contribution >= 4 is 23.4 Å². The van der Waals surface area contributed by atoms with Gasteiger partial charge in [0.05, 0.1) is 12.6 Å². The molecule has 1 atom stereocenters. The van der Waals surface area contributed by atoms with Crippen LogP contribution in [0.25, 0.3) is 0 Å². The Morgan fingerprint density at radius 3 is 2.89 bits per heavy atom. The van der Waals surface area contributed by atoms with Crippen molar-refractivity contribution in [2.45, 2.75) is 25.8 Å². The summed E-state index contributed by atoms with van der Waals surface area (Å²) < 4.78 is 5.13. The second-order valence-electron chi connectivity index (χ2n) is 6.44. The fourth-order valence-electron chi connectivity index (χ4n) is 3.15. The Kier molecular flexibility index (Phi) is 5.99. The molecule has 10 nitrogen and oxygen atoms in total. The molecule has 1 aromatic heterocycles. The number of nitrogens with two attached hydrogens (primary N) is 1. The number of hydrogen-bond donors (Lipinski definition) is 3. The highest BCUT2D eigenvalue weighted by Crippen LogP contribution is 2.30. The maximum absolute atomic E-state index is 12.5. The zero-order valence-corrected chi connectivity index (χ0v) is 15.5. The summed E-state index contributed by atoms with van der Waals surface area (Å²) in [6.07, 6.45) is 1.60. The normalized spacial score (nSPS) is 16.7. The van der Waals surface area contributed by atoms with Crippen molar-refractivity contribution in [1.82, 2.24) is 20.4 Å². The first-order valence-electron chi connectivity index (χ1n) is 9.03. The molecule has 3 amide bonds. The first-order valence-corrected chi connectivity index (χ1v) is 9.03. The van der Waals surface area contributed by atoms with E-state index in [0.717, 1.165) is 12.8 Å². The van der Waals surface area contributed by atoms with Crippen LogP contribution in [0.15, 0.2) is 28.8 Å². The Labute approximate surface area is 161 Å². The van der Waals surface area contributed by atoms with Crippen LogP contribution < -0.4 is 16.4 Å². The van der Waals surface area contributed by atoms with Crippen LogP contribution in [0, 0.1) is 0 Å². The van der Waals surface area contributed by atoms with E-state index in [-0.39, 0.29) is 36.1 Å². The summed E-state index contributed by atoms with van der Waals surface area (Å²) in [6, 6.07) is 6.50. The molecule has 1 aliphatic heterocycles. The third kappa shape index (κ3) is 4.52. The first-order chi connectivity index (χ1) is 13.5. The number of nitrogens with zero attached hydrogens (tertiary/aromatic N) is 3. The number of hydrogen-bond acceptors (Lipinski definition) is 7. The molecule has 2 heterocycles. The quantitative estimate of drug-likeness (QED) is 0.635. The second-order valence-corrected chi connectivity index (χ2v) is 6.44. The zero-order chi connectivity index (χ0) is 20.1. The summed E-state index contributed by atoms with van der Waals surface area (Å²) in [4.78, 5) is 41.4. The first kappa shape index (κ1) is 19.5. The number of carbonyl (C=O) groups excluding carboxylic acids is 3. The summed E-state index contributed by atoms with van der Waals surface area (Å²) in [6.45, 7) is 3.17. The topological polar surface area (TPSA) is 143 Å². The standard InChI is InChI=1S/C18H22N6O4/c1-2-20-17(27)11-5-3-6-12(9-11)21-14(25)10-24-8-4-7-13(24)18-22-16(15(19)26)23-28-18/h3,5-6,9,13H,2,4,7-8,10H2,1H3,(H2,19,26)(H,20,27)(H,21,25)/t13-/m1/s1. The van der Waals surface area contributed by atoms with Crippen molar-refractivity contribution in [3.05, 3.63) is 41.5 Å². The smallest absolute Gasteiger partial charge is 0.290 e. The summed E-state index contributed by atoms with van der Waals surface area (Å²) in [5, 5.41) is 9.08. The lowest BCUT2D eigenvalue weighted by Crippen LogP contribution is -2.33. The van der Waals surface area contributed by atoms with Gasteiger partial charge in [0.25, 0.3) is 17.6 Å². The average Bonchev–Trinajstić information content (AvgIpc) is 3.31. The van der Waals surface area contributed by atoms with Crippen LogP contribution in [0.3, 0.4) is 0 Å². The molecule has 0 aliphatic carbocycles. The van der Waals surface area contributed by atoms with E-state index in [0.29, 0.717) is 24.3 Å². The van der Waals surface area contributed by atoms with Gasteiger partial charge in [0.15, 0.2) is 0 Å². The lowest BCUT2D eigenvalue weighted by molar-refractivity contribution is -0.117. The van der Waals surface area contributed by atoms with Crippen LogP contribution in [0.2, 0.25) is 0 Å². The molecule has 28 heavy (non-hydrogen) atoms. The van der Waals surface area contributed by atoms with Crippen molar-refractivity contribution in [1.29, 1.82) is 0 Å². The minimum atomic E-state index is -0.760. The van der Waals surface area contributed by atoms with Gasteiger partial charge in [-0.25, -0.2) is 0 Å². The van der Waals surface area contributed by atoms with E-state index in [1.165, 1.54) is 0 Å². The van der Waals surface area contributed by atoms with E-state index < -0.39 is 5.91 Å². The van der Waals surface area contributed by atoms with Gasteiger partial charge in [0.2, 0.25) is 11.8 Å². The molecular weight excluding hydrogens is 364 g/mol. The molecule has 0 radical (unpaired) electrons. The number of benzene rings is 1. The molecule has 1 saturated heterocycles. The number of likely N-dealkylation sites (tertiary alicyclic amines) is 1. The lowest BCUT2D eigenvalue weighted by atomic mass is 10.2. The Morgan fingerprint density at radius 1 is 1.36 bits per heavy atom. The predicted molar refractivity (Wildman–Crippen MR) is 99.4 cm³/mol. The zero-order valence-electron chi connectivity index (χ0n) is 15.5. The van der Waals surface area contributed by atoms with Gasteiger partial charge in [0, 0.05) is 17.8 Å². The van der Waals surface area contributed by atoms with Crippen LogP contribution in [0.1, 0.15) is 52.7 Å². The molecule has 148 valence electrons. The van der Waals surface area contributed by atoms with Gasteiger partial charge in [-0.2, -0.15) is 4.98 Å². The second kappa shape index (κ2) is 8.61. The third-order valence-corrected chi connectivity index (χ3v) is 4.40. The van der Waals surface area contributed by atoms with Crippen LogP contribution in [-0.4, -0.2) is 52.4 Å².